The Morgan fingerprint density at radius 3 is 2.23 bits per heavy atom. The molecule has 1 unspecified atom stereocenters. The number of primary amides is 1. The molecule has 4 heteroatoms. The van der Waals surface area contributed by atoms with E-state index in [1.54, 1.807) is 6.92 Å². The Bertz CT molecular complexity index is 156. The zero-order valence-electron chi connectivity index (χ0n) is 8.63. The summed E-state index contributed by atoms with van der Waals surface area (Å²) in [5, 5.41) is 11.5. The molecule has 0 aromatic heterocycles. The number of carbonyl (C=O) groups is 1. The van der Waals surface area contributed by atoms with Gasteiger partial charge in [-0.2, -0.15) is 0 Å². The third-order valence-electron chi connectivity index (χ3n) is 1.21. The first kappa shape index (κ1) is 14.6. The highest BCUT2D eigenvalue weighted by Crippen LogP contribution is 2.03. The maximum Gasteiger partial charge on any atom is 0.244 e. The number of hydrogen-bond acceptors (Lipinski definition) is 3. The van der Waals surface area contributed by atoms with Crippen LogP contribution in [0.4, 0.5) is 0 Å². The number of carbonyl (C=O) groups excluding carboxylic acids is 1. The summed E-state index contributed by atoms with van der Waals surface area (Å²) in [6.45, 7) is 5.10. The van der Waals surface area contributed by atoms with Crippen LogP contribution in [0.5, 0.6) is 0 Å². The van der Waals surface area contributed by atoms with Crippen molar-refractivity contribution in [2.24, 2.45) is 5.73 Å². The molecule has 0 heterocycles. The predicted molar refractivity (Wildman–Crippen MR) is 54.2 cm³/mol. The highest BCUT2D eigenvalue weighted by Gasteiger charge is 2.02. The van der Waals surface area contributed by atoms with Crippen LogP contribution in [0.2, 0.25) is 0 Å². The van der Waals surface area contributed by atoms with E-state index in [1.807, 2.05) is 14.1 Å². The molecule has 0 aliphatic heterocycles. The van der Waals surface area contributed by atoms with E-state index in [4.69, 9.17) is 10.8 Å². The Balaban J connectivity index is 0. The highest BCUT2D eigenvalue weighted by atomic mass is 16.3. The second kappa shape index (κ2) is 9.22. The normalized spacial score (nSPS) is 11.1. The van der Waals surface area contributed by atoms with Crippen LogP contribution in [0.1, 0.15) is 19.8 Å². The molecule has 13 heavy (non-hydrogen) atoms. The maximum atomic E-state index is 10.4. The summed E-state index contributed by atoms with van der Waals surface area (Å²) < 4.78 is 0. The lowest BCUT2D eigenvalue weighted by Gasteiger charge is -2.02. The molecular weight excluding hydrogens is 168 g/mol. The lowest BCUT2D eigenvalue weighted by Crippen LogP contribution is -2.14. The Kier molecular flexibility index (Phi) is 10.4. The van der Waals surface area contributed by atoms with E-state index in [-0.39, 0.29) is 0 Å². The van der Waals surface area contributed by atoms with Gasteiger partial charge in [0.1, 0.15) is 0 Å². The molecule has 0 spiro atoms. The topological polar surface area (TPSA) is 75.3 Å². The first-order valence-electron chi connectivity index (χ1n) is 4.19. The summed E-state index contributed by atoms with van der Waals surface area (Å²) in [6.07, 6.45) is 0.630. The van der Waals surface area contributed by atoms with Crippen LogP contribution >= 0.6 is 0 Å². The third kappa shape index (κ3) is 14.0. The summed E-state index contributed by atoms with van der Waals surface area (Å²) >= 11 is 0. The van der Waals surface area contributed by atoms with Crippen molar-refractivity contribution < 1.29 is 9.90 Å². The van der Waals surface area contributed by atoms with Crippen molar-refractivity contribution in [2.75, 3.05) is 14.1 Å². The van der Waals surface area contributed by atoms with Gasteiger partial charge in [0, 0.05) is 5.57 Å². The lowest BCUT2D eigenvalue weighted by molar-refractivity contribution is -0.114. The average molecular weight is 188 g/mol. The van der Waals surface area contributed by atoms with Crippen molar-refractivity contribution in [3.05, 3.63) is 12.2 Å². The van der Waals surface area contributed by atoms with Gasteiger partial charge in [0.25, 0.3) is 0 Å². The van der Waals surface area contributed by atoms with E-state index >= 15 is 0 Å². The van der Waals surface area contributed by atoms with Gasteiger partial charge < -0.3 is 16.2 Å². The fourth-order valence-electron chi connectivity index (χ4n) is 0.506. The van der Waals surface area contributed by atoms with Gasteiger partial charge in [-0.1, -0.05) is 6.58 Å². The van der Waals surface area contributed by atoms with Crippen molar-refractivity contribution in [2.45, 2.75) is 25.9 Å². The Morgan fingerprint density at radius 1 is 1.62 bits per heavy atom. The van der Waals surface area contributed by atoms with Crippen LogP contribution in [-0.2, 0) is 4.79 Å². The van der Waals surface area contributed by atoms with E-state index in [9.17, 15) is 4.79 Å². The zero-order chi connectivity index (χ0) is 10.9. The Labute approximate surface area is 79.8 Å². The number of hydrogen-bond donors (Lipinski definition) is 3. The first-order valence-corrected chi connectivity index (χ1v) is 4.19. The summed E-state index contributed by atoms with van der Waals surface area (Å²) in [5.41, 5.74) is 5.28. The maximum absolute atomic E-state index is 10.4. The SMILES string of the molecule is C=C(CCC(C)O)C(N)=O.CNC. The molecule has 0 rings (SSSR count). The molecule has 4 nitrogen and oxygen atoms in total. The Hall–Kier alpha value is -0.870. The van der Waals surface area contributed by atoms with E-state index in [0.29, 0.717) is 18.4 Å². The minimum Gasteiger partial charge on any atom is -0.393 e. The van der Waals surface area contributed by atoms with Crippen LogP contribution in [0.15, 0.2) is 12.2 Å². The molecule has 0 aliphatic carbocycles. The van der Waals surface area contributed by atoms with Crippen LogP contribution in [0.25, 0.3) is 0 Å². The smallest absolute Gasteiger partial charge is 0.244 e. The van der Waals surface area contributed by atoms with Gasteiger partial charge in [0.15, 0.2) is 0 Å². The van der Waals surface area contributed by atoms with Crippen molar-refractivity contribution >= 4 is 5.91 Å². The number of rotatable bonds is 4. The van der Waals surface area contributed by atoms with Crippen molar-refractivity contribution in [1.82, 2.24) is 5.32 Å². The van der Waals surface area contributed by atoms with Crippen molar-refractivity contribution in [3.63, 3.8) is 0 Å². The van der Waals surface area contributed by atoms with Crippen LogP contribution in [-0.4, -0.2) is 31.2 Å². The fourth-order valence-corrected chi connectivity index (χ4v) is 0.506. The van der Waals surface area contributed by atoms with E-state index in [2.05, 4.69) is 11.9 Å². The molecule has 0 aromatic rings. The van der Waals surface area contributed by atoms with Gasteiger partial charge in [-0.3, -0.25) is 4.79 Å². The molecule has 0 bridgehead atoms. The van der Waals surface area contributed by atoms with E-state index in [1.165, 1.54) is 0 Å². The molecule has 1 atom stereocenters. The molecule has 4 N–H and O–H groups in total. The number of nitrogens with one attached hydrogen (secondary N) is 1. The molecule has 0 aromatic carbocycles. The summed E-state index contributed by atoms with van der Waals surface area (Å²) in [7, 11) is 3.75. The number of aliphatic hydroxyl groups is 1. The van der Waals surface area contributed by atoms with Crippen molar-refractivity contribution in [1.29, 1.82) is 0 Å². The molecule has 78 valence electrons. The van der Waals surface area contributed by atoms with Crippen LogP contribution in [0, 0.1) is 0 Å². The molecule has 0 saturated heterocycles. The van der Waals surface area contributed by atoms with Gasteiger partial charge in [-0.15, -0.1) is 0 Å². The largest absolute Gasteiger partial charge is 0.393 e. The molecule has 0 aliphatic rings. The molecule has 0 saturated carbocycles. The van der Waals surface area contributed by atoms with E-state index < -0.39 is 12.0 Å². The third-order valence-corrected chi connectivity index (χ3v) is 1.21. The summed E-state index contributed by atoms with van der Waals surface area (Å²) in [4.78, 5) is 10.4. The molecule has 0 radical (unpaired) electrons. The minimum absolute atomic E-state index is 0.376. The number of amides is 1. The quantitative estimate of drug-likeness (QED) is 0.545. The molecular formula is C9H20N2O2. The standard InChI is InChI=1S/C7H13NO2.C2H7N/c1-5(7(8)10)3-4-6(2)9;1-3-2/h6,9H,1,3-4H2,2H3,(H2,8,10);3H,1-2H3. The monoisotopic (exact) mass is 188 g/mol. The fraction of sp³-hybridized carbons (Fsp3) is 0.667. The Morgan fingerprint density at radius 2 is 2.00 bits per heavy atom. The zero-order valence-corrected chi connectivity index (χ0v) is 8.63. The second-order valence-electron chi connectivity index (χ2n) is 2.86. The molecule has 1 amide bonds. The second-order valence-corrected chi connectivity index (χ2v) is 2.86. The average Bonchev–Trinajstić information content (AvgIpc) is 2.01. The summed E-state index contributed by atoms with van der Waals surface area (Å²) in [5.74, 6) is -0.486. The van der Waals surface area contributed by atoms with Crippen molar-refractivity contribution in [3.8, 4) is 0 Å². The van der Waals surface area contributed by atoms with Gasteiger partial charge in [-0.05, 0) is 33.9 Å². The summed E-state index contributed by atoms with van der Waals surface area (Å²) in [6, 6.07) is 0. The van der Waals surface area contributed by atoms with E-state index in [0.717, 1.165) is 0 Å². The van der Waals surface area contributed by atoms with Crippen LogP contribution < -0.4 is 11.1 Å². The highest BCUT2D eigenvalue weighted by molar-refractivity contribution is 5.91. The van der Waals surface area contributed by atoms with Crippen LogP contribution in [0.3, 0.4) is 0 Å². The lowest BCUT2D eigenvalue weighted by atomic mass is 10.1. The van der Waals surface area contributed by atoms with Gasteiger partial charge in [0.05, 0.1) is 6.10 Å². The predicted octanol–water partition coefficient (Wildman–Crippen LogP) is 0.0245. The van der Waals surface area contributed by atoms with Gasteiger partial charge in [-0.25, -0.2) is 0 Å². The number of nitrogens with two attached hydrogens (primary N) is 1. The number of aliphatic hydroxyl groups excluding tert-OH is 1. The molecule has 0 fully saturated rings. The minimum atomic E-state index is -0.486. The van der Waals surface area contributed by atoms with Gasteiger partial charge >= 0.3 is 0 Å². The first-order chi connectivity index (χ1) is 5.95. The van der Waals surface area contributed by atoms with Gasteiger partial charge in [0.2, 0.25) is 5.91 Å².